The van der Waals surface area contributed by atoms with E-state index in [0.29, 0.717) is 17.3 Å². The summed E-state index contributed by atoms with van der Waals surface area (Å²) in [5.74, 6) is 0.124. The third kappa shape index (κ3) is 3.30. The molecule has 3 heterocycles. The van der Waals surface area contributed by atoms with E-state index in [9.17, 15) is 8.42 Å². The first-order valence-corrected chi connectivity index (χ1v) is 9.27. The number of halogens is 1. The molecule has 0 unspecified atom stereocenters. The Balaban J connectivity index is 1.73. The van der Waals surface area contributed by atoms with Crippen molar-refractivity contribution in [2.75, 3.05) is 13.1 Å². The zero-order valence-electron chi connectivity index (χ0n) is 11.7. The van der Waals surface area contributed by atoms with E-state index in [1.807, 2.05) is 6.07 Å². The summed E-state index contributed by atoms with van der Waals surface area (Å²) in [5.41, 5.74) is 0.0823. The minimum atomic E-state index is -3.57. The summed E-state index contributed by atoms with van der Waals surface area (Å²) in [6.45, 7) is 0.532. The molecular weight excluding hydrogens is 360 g/mol. The summed E-state index contributed by atoms with van der Waals surface area (Å²) in [4.78, 5) is 7.84. The Morgan fingerprint density at radius 3 is 2.87 bits per heavy atom. The number of nitrogens with zero attached hydrogens (tertiary/aromatic N) is 4. The smallest absolute Gasteiger partial charge is 0.252 e. The van der Waals surface area contributed by atoms with Gasteiger partial charge in [0.1, 0.15) is 16.4 Å². The maximum Gasteiger partial charge on any atom is 0.252 e. The molecule has 10 heteroatoms. The van der Waals surface area contributed by atoms with Gasteiger partial charge in [-0.1, -0.05) is 11.6 Å². The van der Waals surface area contributed by atoms with Gasteiger partial charge in [-0.3, -0.25) is 0 Å². The molecule has 0 N–H and O–H groups in total. The summed E-state index contributed by atoms with van der Waals surface area (Å²) in [6, 6.07) is 4.95. The van der Waals surface area contributed by atoms with Gasteiger partial charge in [-0.05, 0) is 18.6 Å². The van der Waals surface area contributed by atoms with Crippen LogP contribution in [0, 0.1) is 11.3 Å². The normalized spacial score (nSPS) is 18.7. The first-order chi connectivity index (χ1) is 11.0. The average Bonchev–Trinajstić information content (AvgIpc) is 3.17. The molecule has 0 spiro atoms. The van der Waals surface area contributed by atoms with Crippen LogP contribution in [0.3, 0.4) is 0 Å². The highest BCUT2D eigenvalue weighted by atomic mass is 35.5. The Morgan fingerprint density at radius 1 is 1.39 bits per heavy atom. The van der Waals surface area contributed by atoms with Gasteiger partial charge in [-0.2, -0.15) is 9.57 Å². The van der Waals surface area contributed by atoms with E-state index in [1.54, 1.807) is 6.07 Å². The lowest BCUT2D eigenvalue weighted by Gasteiger charge is -2.16. The third-order valence-electron chi connectivity index (χ3n) is 3.30. The van der Waals surface area contributed by atoms with E-state index in [2.05, 4.69) is 9.97 Å². The number of nitriles is 1. The predicted octanol–water partition coefficient (Wildman–Crippen LogP) is 1.91. The van der Waals surface area contributed by atoms with Gasteiger partial charge in [0.15, 0.2) is 0 Å². The Bertz CT molecular complexity index is 862. The fourth-order valence-corrected chi connectivity index (χ4v) is 5.35. The number of rotatable bonds is 4. The second-order valence-corrected chi connectivity index (χ2v) is 8.65. The van der Waals surface area contributed by atoms with E-state index < -0.39 is 10.0 Å². The second-order valence-electron chi connectivity index (χ2n) is 4.77. The molecule has 3 rings (SSSR count). The second kappa shape index (κ2) is 6.41. The summed E-state index contributed by atoms with van der Waals surface area (Å²) in [6.07, 6.45) is 2.97. The number of thiophene rings is 1. The molecule has 1 aliphatic rings. The number of ether oxygens (including phenoxy) is 1. The fraction of sp³-hybridized carbons (Fsp3) is 0.308. The molecule has 7 nitrogen and oxygen atoms in total. The maximum absolute atomic E-state index is 12.5. The molecule has 2 aromatic heterocycles. The van der Waals surface area contributed by atoms with Crippen LogP contribution >= 0.6 is 22.9 Å². The van der Waals surface area contributed by atoms with Crippen molar-refractivity contribution < 1.29 is 13.2 Å². The Morgan fingerprint density at radius 2 is 2.17 bits per heavy atom. The van der Waals surface area contributed by atoms with Crippen LogP contribution < -0.4 is 4.74 Å². The SMILES string of the molecule is N#Cc1nccnc1O[C@H]1CCN(S(=O)(=O)c2ccc(Cl)s2)C1. The van der Waals surface area contributed by atoms with Gasteiger partial charge >= 0.3 is 0 Å². The van der Waals surface area contributed by atoms with E-state index in [4.69, 9.17) is 21.6 Å². The van der Waals surface area contributed by atoms with Crippen molar-refractivity contribution in [1.82, 2.24) is 14.3 Å². The molecule has 1 atom stereocenters. The number of sulfonamides is 1. The van der Waals surface area contributed by atoms with E-state index in [1.165, 1.54) is 22.8 Å². The van der Waals surface area contributed by atoms with Crippen molar-refractivity contribution in [3.8, 4) is 11.9 Å². The highest BCUT2D eigenvalue weighted by Crippen LogP contribution is 2.30. The van der Waals surface area contributed by atoms with E-state index in [-0.39, 0.29) is 28.4 Å². The standard InChI is InChI=1S/C13H11ClN4O3S2/c14-11-1-2-12(22-11)23(19,20)18-6-3-9(8-18)21-13-10(7-15)16-4-5-17-13/h1-2,4-5,9H,3,6,8H2/t9-/m0/s1. The van der Waals surface area contributed by atoms with Crippen molar-refractivity contribution in [3.63, 3.8) is 0 Å². The maximum atomic E-state index is 12.5. The molecule has 0 aromatic carbocycles. The number of aromatic nitrogens is 2. The van der Waals surface area contributed by atoms with Gasteiger partial charge in [0.2, 0.25) is 5.69 Å². The van der Waals surface area contributed by atoms with Crippen LogP contribution in [0.2, 0.25) is 4.34 Å². The molecule has 23 heavy (non-hydrogen) atoms. The Kier molecular flexibility index (Phi) is 4.50. The topological polar surface area (TPSA) is 96.2 Å². The van der Waals surface area contributed by atoms with Gasteiger partial charge in [-0.25, -0.2) is 18.4 Å². The Hall–Kier alpha value is -1.73. The van der Waals surface area contributed by atoms with E-state index >= 15 is 0 Å². The van der Waals surface area contributed by atoms with Crippen molar-refractivity contribution in [2.24, 2.45) is 0 Å². The third-order valence-corrected chi connectivity index (χ3v) is 6.86. The molecule has 0 aliphatic carbocycles. The summed E-state index contributed by atoms with van der Waals surface area (Å²) in [7, 11) is -3.57. The lowest BCUT2D eigenvalue weighted by atomic mass is 10.3. The molecule has 1 fully saturated rings. The van der Waals surface area contributed by atoms with Crippen LogP contribution in [0.4, 0.5) is 0 Å². The number of hydrogen-bond donors (Lipinski definition) is 0. The van der Waals surface area contributed by atoms with Gasteiger partial charge in [0.25, 0.3) is 15.9 Å². The summed E-state index contributed by atoms with van der Waals surface area (Å²) >= 11 is 6.83. The lowest BCUT2D eigenvalue weighted by molar-refractivity contribution is 0.205. The minimum absolute atomic E-state index is 0.0823. The lowest BCUT2D eigenvalue weighted by Crippen LogP contribution is -2.30. The minimum Gasteiger partial charge on any atom is -0.471 e. The van der Waals surface area contributed by atoms with Crippen LogP contribution in [0.15, 0.2) is 28.7 Å². The molecule has 120 valence electrons. The highest BCUT2D eigenvalue weighted by Gasteiger charge is 2.35. The summed E-state index contributed by atoms with van der Waals surface area (Å²) in [5, 5.41) is 8.97. The first-order valence-electron chi connectivity index (χ1n) is 6.64. The first kappa shape index (κ1) is 16.1. The zero-order chi connectivity index (χ0) is 16.4. The van der Waals surface area contributed by atoms with Gasteiger partial charge < -0.3 is 4.74 Å². The van der Waals surface area contributed by atoms with Crippen molar-refractivity contribution in [3.05, 3.63) is 34.6 Å². The van der Waals surface area contributed by atoms with Crippen molar-refractivity contribution in [2.45, 2.75) is 16.7 Å². The van der Waals surface area contributed by atoms with Crippen LogP contribution in [0.1, 0.15) is 12.1 Å². The van der Waals surface area contributed by atoms with Crippen LogP contribution in [0.5, 0.6) is 5.88 Å². The molecule has 0 bridgehead atoms. The zero-order valence-corrected chi connectivity index (χ0v) is 14.1. The van der Waals surface area contributed by atoms with Gasteiger partial charge in [-0.15, -0.1) is 11.3 Å². The van der Waals surface area contributed by atoms with Gasteiger partial charge in [0, 0.05) is 18.9 Å². The molecule has 0 radical (unpaired) electrons. The largest absolute Gasteiger partial charge is 0.471 e. The van der Waals surface area contributed by atoms with Crippen LogP contribution in [-0.4, -0.2) is 41.9 Å². The summed E-state index contributed by atoms with van der Waals surface area (Å²) < 4.78 is 32.6. The average molecular weight is 371 g/mol. The predicted molar refractivity (Wildman–Crippen MR) is 83.9 cm³/mol. The van der Waals surface area contributed by atoms with Crippen LogP contribution in [0.25, 0.3) is 0 Å². The van der Waals surface area contributed by atoms with Gasteiger partial charge in [0.05, 0.1) is 10.9 Å². The van der Waals surface area contributed by atoms with Crippen LogP contribution in [-0.2, 0) is 10.0 Å². The van der Waals surface area contributed by atoms with E-state index in [0.717, 1.165) is 11.3 Å². The van der Waals surface area contributed by atoms with Crippen molar-refractivity contribution >= 4 is 33.0 Å². The monoisotopic (exact) mass is 370 g/mol. The Labute approximate surface area is 142 Å². The highest BCUT2D eigenvalue weighted by molar-refractivity contribution is 7.91. The molecule has 1 saturated heterocycles. The van der Waals surface area contributed by atoms with Crippen molar-refractivity contribution in [1.29, 1.82) is 5.26 Å². The quantitative estimate of drug-likeness (QED) is 0.815. The molecule has 0 saturated carbocycles. The number of hydrogen-bond acceptors (Lipinski definition) is 7. The molecular formula is C13H11ClN4O3S2. The fourth-order valence-electron chi connectivity index (χ4n) is 2.22. The molecule has 0 amide bonds. The molecule has 1 aliphatic heterocycles. The molecule has 2 aromatic rings.